The van der Waals surface area contributed by atoms with Gasteiger partial charge in [-0.3, -0.25) is 4.57 Å². The van der Waals surface area contributed by atoms with Gasteiger partial charge in [0, 0.05) is 6.20 Å². The summed E-state index contributed by atoms with van der Waals surface area (Å²) in [4.78, 5) is 26.6. The van der Waals surface area contributed by atoms with Crippen LogP contribution in [0, 0.1) is 5.92 Å². The summed E-state index contributed by atoms with van der Waals surface area (Å²) in [6.07, 6.45) is 1.03. The number of carboxylic acids is 1. The Balaban J connectivity index is 2.21. The highest BCUT2D eigenvalue weighted by Crippen LogP contribution is 2.54. The standard InChI is InChI=1S/C11H18N3O5P3/c1-5-2-8(19-7(5)4-18-22(20)21)14-3-6(10(15)16)9(12)13-11(14)17/h3,5,7-8H,2,4,20-21H2,1H3,(H,15,16)(H2,12,13,17)/t5?,7-,8-/m1/s1. The van der Waals surface area contributed by atoms with E-state index in [1.807, 2.05) is 6.92 Å². The molecule has 0 amide bonds. The number of nitrogens with two attached hydrogens (primary N) is 1. The van der Waals surface area contributed by atoms with Crippen molar-refractivity contribution in [3.8, 4) is 0 Å². The van der Waals surface area contributed by atoms with Gasteiger partial charge in [-0.15, -0.1) is 0 Å². The lowest BCUT2D eigenvalue weighted by Gasteiger charge is -2.18. The largest absolute Gasteiger partial charge is 0.478 e. The van der Waals surface area contributed by atoms with E-state index >= 15 is 0 Å². The molecule has 22 heavy (non-hydrogen) atoms. The molecule has 11 heteroatoms. The first-order valence-corrected chi connectivity index (χ1v) is 11.0. The Morgan fingerprint density at radius 3 is 2.95 bits per heavy atom. The Morgan fingerprint density at radius 2 is 2.36 bits per heavy atom. The van der Waals surface area contributed by atoms with E-state index in [0.29, 0.717) is 13.0 Å². The number of hydrogen-bond donors (Lipinski definition) is 2. The smallest absolute Gasteiger partial charge is 0.351 e. The van der Waals surface area contributed by atoms with Crippen LogP contribution in [0.2, 0.25) is 0 Å². The molecule has 1 aliphatic rings. The minimum absolute atomic E-state index is 0.158. The molecule has 0 aliphatic carbocycles. The Labute approximate surface area is 132 Å². The van der Waals surface area contributed by atoms with Crippen molar-refractivity contribution in [2.24, 2.45) is 5.92 Å². The summed E-state index contributed by atoms with van der Waals surface area (Å²) in [6.45, 7) is 2.41. The van der Waals surface area contributed by atoms with E-state index in [2.05, 4.69) is 22.8 Å². The minimum Gasteiger partial charge on any atom is -0.478 e. The van der Waals surface area contributed by atoms with Crippen molar-refractivity contribution in [2.75, 3.05) is 12.3 Å². The van der Waals surface area contributed by atoms with Crippen molar-refractivity contribution in [1.82, 2.24) is 9.55 Å². The van der Waals surface area contributed by atoms with E-state index in [1.54, 1.807) is 0 Å². The third-order valence-electron chi connectivity index (χ3n) is 3.45. The van der Waals surface area contributed by atoms with E-state index < -0.39 is 25.4 Å². The van der Waals surface area contributed by atoms with Crippen LogP contribution in [0.25, 0.3) is 0 Å². The molecular formula is C11H18N3O5P3. The Bertz CT molecular complexity index is 623. The molecule has 0 saturated carbocycles. The molecule has 3 unspecified atom stereocenters. The van der Waals surface area contributed by atoms with Gasteiger partial charge in [0.1, 0.15) is 17.6 Å². The highest BCUT2D eigenvalue weighted by Gasteiger charge is 2.34. The third kappa shape index (κ3) is 4.01. The van der Waals surface area contributed by atoms with Gasteiger partial charge < -0.3 is 20.1 Å². The maximum Gasteiger partial charge on any atom is 0.351 e. The molecule has 1 aromatic rings. The normalized spacial score (nSPS) is 24.8. The maximum absolute atomic E-state index is 11.9. The van der Waals surface area contributed by atoms with Crippen molar-refractivity contribution in [3.05, 3.63) is 22.2 Å². The fourth-order valence-corrected chi connectivity index (χ4v) is 3.09. The zero-order valence-electron chi connectivity index (χ0n) is 11.9. The molecule has 1 aromatic heterocycles. The molecule has 0 aromatic carbocycles. The van der Waals surface area contributed by atoms with Crippen LogP contribution < -0.4 is 11.4 Å². The molecular weight excluding hydrogens is 347 g/mol. The van der Waals surface area contributed by atoms with E-state index in [9.17, 15) is 9.59 Å². The molecule has 122 valence electrons. The van der Waals surface area contributed by atoms with Crippen molar-refractivity contribution in [3.63, 3.8) is 0 Å². The quantitative estimate of drug-likeness (QED) is 0.759. The maximum atomic E-state index is 11.9. The molecule has 1 saturated heterocycles. The zero-order chi connectivity index (χ0) is 16.4. The fourth-order valence-electron chi connectivity index (χ4n) is 2.26. The van der Waals surface area contributed by atoms with Gasteiger partial charge >= 0.3 is 11.7 Å². The molecule has 0 radical (unpaired) electrons. The lowest BCUT2D eigenvalue weighted by Crippen LogP contribution is -2.30. The topological polar surface area (TPSA) is 117 Å². The minimum atomic E-state index is -1.23. The van der Waals surface area contributed by atoms with Crippen molar-refractivity contribution < 1.29 is 19.2 Å². The average molecular weight is 365 g/mol. The van der Waals surface area contributed by atoms with Gasteiger partial charge in [0.2, 0.25) is 0 Å². The van der Waals surface area contributed by atoms with Gasteiger partial charge in [-0.25, -0.2) is 9.59 Å². The number of hydrogen-bond acceptors (Lipinski definition) is 6. The van der Waals surface area contributed by atoms with E-state index in [0.717, 1.165) is 0 Å². The molecule has 5 atom stereocenters. The number of carbonyl (C=O) groups is 1. The molecule has 1 fully saturated rings. The second-order valence-electron chi connectivity index (χ2n) is 5.03. The zero-order valence-corrected chi connectivity index (χ0v) is 15.1. The number of aromatic nitrogens is 2. The first-order chi connectivity index (χ1) is 10.3. The van der Waals surface area contributed by atoms with Gasteiger partial charge in [0.15, 0.2) is 0 Å². The van der Waals surface area contributed by atoms with E-state index in [4.69, 9.17) is 20.1 Å². The average Bonchev–Trinajstić information content (AvgIpc) is 2.77. The van der Waals surface area contributed by atoms with Gasteiger partial charge in [-0.1, -0.05) is 24.8 Å². The second kappa shape index (κ2) is 7.29. The number of carboxylic acid groups (broad SMARTS) is 1. The van der Waals surface area contributed by atoms with Crippen LogP contribution in [0.3, 0.4) is 0 Å². The monoisotopic (exact) mass is 365 g/mol. The van der Waals surface area contributed by atoms with Crippen LogP contribution >= 0.6 is 25.4 Å². The van der Waals surface area contributed by atoms with Crippen LogP contribution in [0.1, 0.15) is 29.9 Å². The predicted molar refractivity (Wildman–Crippen MR) is 89.9 cm³/mol. The molecule has 2 rings (SSSR count). The van der Waals surface area contributed by atoms with E-state index in [-0.39, 0.29) is 23.4 Å². The summed E-state index contributed by atoms with van der Waals surface area (Å²) >= 11 is 0. The lowest BCUT2D eigenvalue weighted by molar-refractivity contribution is -0.0240. The molecule has 3 N–H and O–H groups in total. The number of nitrogen functional groups attached to an aromatic ring is 1. The summed E-state index contributed by atoms with van der Waals surface area (Å²) in [5.74, 6) is -1.36. The molecule has 0 bridgehead atoms. The summed E-state index contributed by atoms with van der Waals surface area (Å²) in [7, 11) is 4.47. The van der Waals surface area contributed by atoms with Crippen LogP contribution in [-0.4, -0.2) is 33.3 Å². The summed E-state index contributed by atoms with van der Waals surface area (Å²) in [5, 5.41) is 9.07. The van der Waals surface area contributed by atoms with Crippen molar-refractivity contribution in [2.45, 2.75) is 25.7 Å². The molecule has 8 nitrogen and oxygen atoms in total. The fraction of sp³-hybridized carbons (Fsp3) is 0.545. The van der Waals surface area contributed by atoms with Gasteiger partial charge in [0.25, 0.3) is 0 Å². The molecule has 2 heterocycles. The van der Waals surface area contributed by atoms with Crippen LogP contribution in [0.5, 0.6) is 0 Å². The number of anilines is 1. The van der Waals surface area contributed by atoms with Crippen LogP contribution in [0.15, 0.2) is 11.0 Å². The Morgan fingerprint density at radius 1 is 1.68 bits per heavy atom. The SMILES string of the molecule is CC1C[C@H](n2cc(C(=O)O)c(N)nc2=O)O[C@@H]1COP(P)P. The van der Waals surface area contributed by atoms with E-state index in [1.165, 1.54) is 10.8 Å². The number of rotatable bonds is 5. The number of aromatic carboxylic acids is 1. The van der Waals surface area contributed by atoms with Gasteiger partial charge in [0.05, 0.1) is 20.2 Å². The van der Waals surface area contributed by atoms with Crippen molar-refractivity contribution >= 4 is 37.2 Å². The Kier molecular flexibility index (Phi) is 5.87. The summed E-state index contributed by atoms with van der Waals surface area (Å²) < 4.78 is 12.5. The predicted octanol–water partition coefficient (Wildman–Crippen LogP) is 1.44. The number of nitrogens with zero attached hydrogens (tertiary/aromatic N) is 2. The van der Waals surface area contributed by atoms with Crippen molar-refractivity contribution in [1.29, 1.82) is 0 Å². The van der Waals surface area contributed by atoms with Gasteiger partial charge in [-0.05, 0) is 12.3 Å². The third-order valence-corrected chi connectivity index (χ3v) is 4.79. The summed E-state index contributed by atoms with van der Waals surface area (Å²) in [5.41, 5.74) is 4.62. The first kappa shape index (κ1) is 17.7. The highest BCUT2D eigenvalue weighted by atomic mass is 32.4. The lowest BCUT2D eigenvalue weighted by atomic mass is 10.0. The van der Waals surface area contributed by atoms with Crippen LogP contribution in [0.4, 0.5) is 5.82 Å². The first-order valence-electron chi connectivity index (χ1n) is 6.49. The Hall–Kier alpha value is -0.640. The van der Waals surface area contributed by atoms with Crippen LogP contribution in [-0.2, 0) is 9.26 Å². The number of ether oxygens (including phenoxy) is 1. The molecule has 1 aliphatic heterocycles. The highest BCUT2D eigenvalue weighted by molar-refractivity contribution is 8.41. The summed E-state index contributed by atoms with van der Waals surface area (Å²) in [6, 6.07) is 0. The second-order valence-corrected chi connectivity index (χ2v) is 10.9. The molecule has 0 spiro atoms. The van der Waals surface area contributed by atoms with Gasteiger partial charge in [-0.2, -0.15) is 4.98 Å².